The summed E-state index contributed by atoms with van der Waals surface area (Å²) >= 11 is 5.47. The maximum atomic E-state index is 13.3. The number of carbonyl (C=O) groups is 1. The van der Waals surface area contributed by atoms with Crippen LogP contribution in [0.25, 0.3) is 16.6 Å². The predicted molar refractivity (Wildman–Crippen MR) is 127 cm³/mol. The SMILES string of the molecule is COc1ccc(-n2c(=S)[nH]c3cc(C(=O)Nc4cccc(C)c4)ccc3c2=O)c(OC)c1. The molecule has 1 aromatic heterocycles. The summed E-state index contributed by atoms with van der Waals surface area (Å²) in [5.74, 6) is 0.760. The number of carbonyl (C=O) groups excluding carboxylic acids is 1. The number of aromatic nitrogens is 2. The van der Waals surface area contributed by atoms with Crippen LogP contribution in [0.15, 0.2) is 65.5 Å². The summed E-state index contributed by atoms with van der Waals surface area (Å²) in [4.78, 5) is 29.0. The number of nitrogens with one attached hydrogen (secondary N) is 2. The number of rotatable bonds is 5. The summed E-state index contributed by atoms with van der Waals surface area (Å²) in [5, 5.41) is 3.26. The lowest BCUT2D eigenvalue weighted by Gasteiger charge is -2.13. The Labute approximate surface area is 189 Å². The third kappa shape index (κ3) is 4.00. The first kappa shape index (κ1) is 21.3. The normalized spacial score (nSPS) is 10.7. The number of H-pyrrole nitrogens is 1. The molecule has 0 fully saturated rings. The maximum absolute atomic E-state index is 13.3. The van der Waals surface area contributed by atoms with Gasteiger partial charge in [0.15, 0.2) is 4.77 Å². The molecule has 4 aromatic rings. The zero-order valence-electron chi connectivity index (χ0n) is 17.8. The summed E-state index contributed by atoms with van der Waals surface area (Å²) in [5.41, 5.74) is 2.79. The van der Waals surface area contributed by atoms with Crippen molar-refractivity contribution in [1.82, 2.24) is 9.55 Å². The second-order valence-corrected chi connectivity index (χ2v) is 7.58. The van der Waals surface area contributed by atoms with Gasteiger partial charge in [-0.05, 0) is 67.2 Å². The molecular formula is C24H21N3O4S. The van der Waals surface area contributed by atoms with Gasteiger partial charge in [-0.15, -0.1) is 0 Å². The number of hydrogen-bond donors (Lipinski definition) is 2. The van der Waals surface area contributed by atoms with Crippen LogP contribution in [0.1, 0.15) is 15.9 Å². The fourth-order valence-corrected chi connectivity index (χ4v) is 3.76. The van der Waals surface area contributed by atoms with Gasteiger partial charge in [0.25, 0.3) is 11.5 Å². The van der Waals surface area contributed by atoms with Crippen molar-refractivity contribution in [3.05, 3.63) is 86.9 Å². The van der Waals surface area contributed by atoms with Gasteiger partial charge < -0.3 is 19.8 Å². The summed E-state index contributed by atoms with van der Waals surface area (Å²) in [6.07, 6.45) is 0. The van der Waals surface area contributed by atoms with Crippen LogP contribution >= 0.6 is 12.2 Å². The summed E-state index contributed by atoms with van der Waals surface area (Å²) in [6, 6.07) is 17.5. The topological polar surface area (TPSA) is 85.4 Å². The molecule has 0 aliphatic carbocycles. The van der Waals surface area contributed by atoms with E-state index in [1.807, 2.05) is 31.2 Å². The van der Waals surface area contributed by atoms with Crippen molar-refractivity contribution in [3.63, 3.8) is 0 Å². The predicted octanol–water partition coefficient (Wildman–Crippen LogP) is 4.63. The molecule has 0 aliphatic rings. The Bertz CT molecular complexity index is 1460. The van der Waals surface area contributed by atoms with Crippen molar-refractivity contribution in [1.29, 1.82) is 0 Å². The first-order valence-corrected chi connectivity index (χ1v) is 10.2. The third-order valence-electron chi connectivity index (χ3n) is 5.06. The van der Waals surface area contributed by atoms with Gasteiger partial charge in [-0.25, -0.2) is 4.57 Å². The fourth-order valence-electron chi connectivity index (χ4n) is 3.47. The van der Waals surface area contributed by atoms with Crippen LogP contribution in [0.2, 0.25) is 0 Å². The van der Waals surface area contributed by atoms with Gasteiger partial charge in [-0.2, -0.15) is 0 Å². The van der Waals surface area contributed by atoms with Gasteiger partial charge in [0.2, 0.25) is 0 Å². The lowest BCUT2D eigenvalue weighted by atomic mass is 10.1. The maximum Gasteiger partial charge on any atom is 0.266 e. The van der Waals surface area contributed by atoms with E-state index in [1.54, 1.807) is 43.5 Å². The quantitative estimate of drug-likeness (QED) is 0.436. The Morgan fingerprint density at radius 2 is 1.84 bits per heavy atom. The lowest BCUT2D eigenvalue weighted by Crippen LogP contribution is -2.21. The minimum Gasteiger partial charge on any atom is -0.497 e. The molecule has 0 atom stereocenters. The molecular weight excluding hydrogens is 426 g/mol. The lowest BCUT2D eigenvalue weighted by molar-refractivity contribution is 0.102. The smallest absolute Gasteiger partial charge is 0.266 e. The highest BCUT2D eigenvalue weighted by Crippen LogP contribution is 2.27. The highest BCUT2D eigenvalue weighted by atomic mass is 32.1. The van der Waals surface area contributed by atoms with Crippen molar-refractivity contribution in [2.75, 3.05) is 19.5 Å². The molecule has 0 bridgehead atoms. The molecule has 0 radical (unpaired) electrons. The average molecular weight is 448 g/mol. The minimum atomic E-state index is -0.321. The Morgan fingerprint density at radius 1 is 1.03 bits per heavy atom. The molecule has 0 saturated carbocycles. The van der Waals surface area contributed by atoms with Gasteiger partial charge in [-0.3, -0.25) is 9.59 Å². The highest BCUT2D eigenvalue weighted by molar-refractivity contribution is 7.71. The molecule has 7 nitrogen and oxygen atoms in total. The molecule has 2 N–H and O–H groups in total. The molecule has 8 heteroatoms. The standard InChI is InChI=1S/C24H21N3O4S/c1-14-5-4-6-16(11-14)25-22(28)15-7-9-18-19(12-15)26-24(32)27(23(18)29)20-10-8-17(30-2)13-21(20)31-3/h4-13H,1-3H3,(H,25,28)(H,26,32). The van der Waals surface area contributed by atoms with E-state index >= 15 is 0 Å². The number of methoxy groups -OCH3 is 2. The largest absolute Gasteiger partial charge is 0.497 e. The zero-order valence-corrected chi connectivity index (χ0v) is 18.6. The second-order valence-electron chi connectivity index (χ2n) is 7.19. The molecule has 1 amide bonds. The molecule has 32 heavy (non-hydrogen) atoms. The van der Waals surface area contributed by atoms with Crippen LogP contribution in [0.5, 0.6) is 11.5 Å². The third-order valence-corrected chi connectivity index (χ3v) is 5.35. The van der Waals surface area contributed by atoms with Crippen LogP contribution in [0.3, 0.4) is 0 Å². The second kappa shape index (κ2) is 8.68. The number of fused-ring (bicyclic) bond motifs is 1. The van der Waals surface area contributed by atoms with Crippen molar-refractivity contribution >= 4 is 34.7 Å². The van der Waals surface area contributed by atoms with E-state index in [0.29, 0.717) is 39.3 Å². The molecule has 0 aliphatic heterocycles. The molecule has 0 saturated heterocycles. The van der Waals surface area contributed by atoms with E-state index in [4.69, 9.17) is 21.7 Å². The Kier molecular flexibility index (Phi) is 5.79. The van der Waals surface area contributed by atoms with E-state index in [2.05, 4.69) is 10.3 Å². The van der Waals surface area contributed by atoms with E-state index in [0.717, 1.165) is 5.56 Å². The van der Waals surface area contributed by atoms with Crippen LogP contribution in [0, 0.1) is 11.7 Å². The zero-order chi connectivity index (χ0) is 22.8. The van der Waals surface area contributed by atoms with Crippen molar-refractivity contribution in [2.45, 2.75) is 6.92 Å². The fraction of sp³-hybridized carbons (Fsp3) is 0.125. The number of amides is 1. The molecule has 0 spiro atoms. The molecule has 4 rings (SSSR count). The number of nitrogens with zero attached hydrogens (tertiary/aromatic N) is 1. The van der Waals surface area contributed by atoms with Crippen LogP contribution in [-0.2, 0) is 0 Å². The van der Waals surface area contributed by atoms with Crippen LogP contribution in [-0.4, -0.2) is 29.7 Å². The summed E-state index contributed by atoms with van der Waals surface area (Å²) in [7, 11) is 3.06. The van der Waals surface area contributed by atoms with Crippen LogP contribution < -0.4 is 20.3 Å². The van der Waals surface area contributed by atoms with Crippen molar-refractivity contribution in [3.8, 4) is 17.2 Å². The first-order valence-electron chi connectivity index (χ1n) is 9.81. The Balaban J connectivity index is 1.77. The van der Waals surface area contributed by atoms with Gasteiger partial charge in [0.05, 0.1) is 30.8 Å². The Morgan fingerprint density at radius 3 is 2.56 bits per heavy atom. The monoisotopic (exact) mass is 447 g/mol. The van der Waals surface area contributed by atoms with Crippen LogP contribution in [0.4, 0.5) is 5.69 Å². The van der Waals surface area contributed by atoms with Gasteiger partial charge in [0, 0.05) is 17.3 Å². The number of benzene rings is 3. The van der Waals surface area contributed by atoms with Gasteiger partial charge in [-0.1, -0.05) is 12.1 Å². The minimum absolute atomic E-state index is 0.183. The van der Waals surface area contributed by atoms with Crippen molar-refractivity contribution in [2.24, 2.45) is 0 Å². The Hall–Kier alpha value is -3.91. The summed E-state index contributed by atoms with van der Waals surface area (Å²) in [6.45, 7) is 1.95. The van der Waals surface area contributed by atoms with Crippen molar-refractivity contribution < 1.29 is 14.3 Å². The van der Waals surface area contributed by atoms with E-state index < -0.39 is 0 Å². The number of anilines is 1. The highest BCUT2D eigenvalue weighted by Gasteiger charge is 2.15. The molecule has 1 heterocycles. The van der Waals surface area contributed by atoms with Gasteiger partial charge in [0.1, 0.15) is 11.5 Å². The number of aromatic amines is 1. The van der Waals surface area contributed by atoms with E-state index in [-0.39, 0.29) is 16.2 Å². The van der Waals surface area contributed by atoms with E-state index in [9.17, 15) is 9.59 Å². The molecule has 0 unspecified atom stereocenters. The average Bonchev–Trinajstić information content (AvgIpc) is 2.78. The number of aryl methyl sites for hydroxylation is 1. The van der Waals surface area contributed by atoms with Gasteiger partial charge >= 0.3 is 0 Å². The molecule has 3 aromatic carbocycles. The molecule has 162 valence electrons. The van der Waals surface area contributed by atoms with E-state index in [1.165, 1.54) is 11.7 Å². The first-order chi connectivity index (χ1) is 15.4. The number of ether oxygens (including phenoxy) is 2. The number of hydrogen-bond acceptors (Lipinski definition) is 5. The summed E-state index contributed by atoms with van der Waals surface area (Å²) < 4.78 is 12.2.